The molecule has 1 aliphatic heterocycles. The van der Waals surface area contributed by atoms with E-state index < -0.39 is 11.9 Å². The van der Waals surface area contributed by atoms with E-state index in [1.54, 1.807) is 11.8 Å². The molecule has 1 rings (SSSR count). The lowest BCUT2D eigenvalue weighted by molar-refractivity contribution is -0.163. The molecule has 2 atom stereocenters. The van der Waals surface area contributed by atoms with E-state index in [4.69, 9.17) is 4.74 Å². The van der Waals surface area contributed by atoms with E-state index >= 15 is 0 Å². The van der Waals surface area contributed by atoms with Crippen molar-refractivity contribution in [1.29, 1.82) is 0 Å². The fourth-order valence-corrected chi connectivity index (χ4v) is 2.12. The number of rotatable bonds is 1. The average Bonchev–Trinajstić information content (AvgIpc) is 2.17. The van der Waals surface area contributed by atoms with Gasteiger partial charge in [-0.2, -0.15) is 0 Å². The van der Waals surface area contributed by atoms with Crippen LogP contribution in [0.3, 0.4) is 0 Å². The smallest absolute Gasteiger partial charge is 0.397 e. The van der Waals surface area contributed by atoms with Crippen molar-refractivity contribution in [3.63, 3.8) is 0 Å². The van der Waals surface area contributed by atoms with Crippen molar-refractivity contribution in [3.05, 3.63) is 0 Å². The minimum atomic E-state index is -0.724. The Morgan fingerprint density at radius 1 is 1.27 bits per heavy atom. The Kier molecular flexibility index (Phi) is 4.12. The van der Waals surface area contributed by atoms with Gasteiger partial charge in [0.2, 0.25) is 0 Å². The van der Waals surface area contributed by atoms with Gasteiger partial charge in [0.25, 0.3) is 0 Å². The highest BCUT2D eigenvalue weighted by Gasteiger charge is 2.33. The van der Waals surface area contributed by atoms with E-state index in [1.807, 2.05) is 13.8 Å². The number of amides is 1. The molecule has 1 fully saturated rings. The van der Waals surface area contributed by atoms with Gasteiger partial charge in [-0.3, -0.25) is 4.79 Å². The predicted octanol–water partition coefficient (Wildman–Crippen LogP) is 1.34. The summed E-state index contributed by atoms with van der Waals surface area (Å²) in [6.45, 7) is 5.91. The van der Waals surface area contributed by atoms with Gasteiger partial charge in [-0.05, 0) is 40.0 Å². The number of nitrogens with zero attached hydrogens (tertiary/aromatic N) is 1. The van der Waals surface area contributed by atoms with Gasteiger partial charge in [0.15, 0.2) is 0 Å². The molecular formula is C11H19NO3. The van der Waals surface area contributed by atoms with E-state index in [0.717, 1.165) is 19.3 Å². The molecule has 1 saturated heterocycles. The standard InChI is InChI=1S/C11H19NO3/c1-4-15-11(14)10(13)12-8(2)6-5-7-9(12)3/h8-9H,4-7H2,1-3H3/t8-,9+. The molecule has 0 N–H and O–H groups in total. The van der Waals surface area contributed by atoms with Crippen molar-refractivity contribution >= 4 is 11.9 Å². The number of piperidine rings is 1. The summed E-state index contributed by atoms with van der Waals surface area (Å²) in [5.41, 5.74) is 0. The van der Waals surface area contributed by atoms with E-state index in [-0.39, 0.29) is 18.7 Å². The van der Waals surface area contributed by atoms with Crippen LogP contribution < -0.4 is 0 Å². The highest BCUT2D eigenvalue weighted by atomic mass is 16.5. The Bertz CT molecular complexity index is 242. The molecule has 0 bridgehead atoms. The van der Waals surface area contributed by atoms with Crippen molar-refractivity contribution in [2.45, 2.75) is 52.1 Å². The second-order valence-electron chi connectivity index (χ2n) is 4.06. The molecule has 0 aromatic rings. The minimum absolute atomic E-state index is 0.144. The van der Waals surface area contributed by atoms with Crippen LogP contribution in [-0.2, 0) is 14.3 Å². The molecular weight excluding hydrogens is 194 g/mol. The summed E-state index contributed by atoms with van der Waals surface area (Å²) in [5, 5.41) is 0. The Hall–Kier alpha value is -1.06. The van der Waals surface area contributed by atoms with Gasteiger partial charge in [-0.1, -0.05) is 0 Å². The molecule has 15 heavy (non-hydrogen) atoms. The van der Waals surface area contributed by atoms with Gasteiger partial charge in [-0.25, -0.2) is 4.79 Å². The molecule has 0 unspecified atom stereocenters. The van der Waals surface area contributed by atoms with Gasteiger partial charge in [0.05, 0.1) is 6.61 Å². The van der Waals surface area contributed by atoms with Crippen molar-refractivity contribution < 1.29 is 14.3 Å². The summed E-state index contributed by atoms with van der Waals surface area (Å²) in [5.74, 6) is -1.21. The first-order valence-corrected chi connectivity index (χ1v) is 5.57. The van der Waals surface area contributed by atoms with Crippen LogP contribution >= 0.6 is 0 Å². The van der Waals surface area contributed by atoms with E-state index in [1.165, 1.54) is 0 Å². The van der Waals surface area contributed by atoms with Crippen LogP contribution in [0.1, 0.15) is 40.0 Å². The van der Waals surface area contributed by atoms with Crippen LogP contribution in [0.2, 0.25) is 0 Å². The molecule has 4 nitrogen and oxygen atoms in total. The summed E-state index contributed by atoms with van der Waals surface area (Å²) in [6.07, 6.45) is 3.06. The summed E-state index contributed by atoms with van der Waals surface area (Å²) < 4.78 is 4.72. The van der Waals surface area contributed by atoms with Crippen LogP contribution in [0.5, 0.6) is 0 Å². The van der Waals surface area contributed by atoms with Crippen molar-refractivity contribution in [1.82, 2.24) is 4.90 Å². The Labute approximate surface area is 90.6 Å². The second kappa shape index (κ2) is 5.14. The number of likely N-dealkylation sites (tertiary alicyclic amines) is 1. The highest BCUT2D eigenvalue weighted by Crippen LogP contribution is 2.22. The number of hydrogen-bond donors (Lipinski definition) is 0. The first kappa shape index (κ1) is 12.0. The lowest BCUT2D eigenvalue weighted by Crippen LogP contribution is -2.50. The number of esters is 1. The zero-order valence-electron chi connectivity index (χ0n) is 9.66. The molecule has 0 radical (unpaired) electrons. The molecule has 0 aromatic carbocycles. The van der Waals surface area contributed by atoms with Gasteiger partial charge in [-0.15, -0.1) is 0 Å². The van der Waals surface area contributed by atoms with Gasteiger partial charge in [0, 0.05) is 12.1 Å². The zero-order chi connectivity index (χ0) is 11.4. The molecule has 1 amide bonds. The fraction of sp³-hybridized carbons (Fsp3) is 0.818. The maximum absolute atomic E-state index is 11.8. The number of carbonyl (C=O) groups excluding carboxylic acids is 2. The summed E-state index contributed by atoms with van der Waals surface area (Å²) in [7, 11) is 0. The zero-order valence-corrected chi connectivity index (χ0v) is 9.66. The Morgan fingerprint density at radius 2 is 1.80 bits per heavy atom. The number of hydrogen-bond acceptors (Lipinski definition) is 3. The third-order valence-electron chi connectivity index (χ3n) is 2.88. The Morgan fingerprint density at radius 3 is 2.27 bits per heavy atom. The lowest BCUT2D eigenvalue weighted by Gasteiger charge is -2.38. The van der Waals surface area contributed by atoms with Crippen LogP contribution in [0.4, 0.5) is 0 Å². The second-order valence-corrected chi connectivity index (χ2v) is 4.06. The van der Waals surface area contributed by atoms with Crippen LogP contribution in [0.15, 0.2) is 0 Å². The maximum atomic E-state index is 11.8. The topological polar surface area (TPSA) is 46.6 Å². The molecule has 86 valence electrons. The first-order chi connectivity index (χ1) is 7.07. The van der Waals surface area contributed by atoms with Crippen molar-refractivity contribution in [2.75, 3.05) is 6.61 Å². The molecule has 0 aliphatic carbocycles. The van der Waals surface area contributed by atoms with Gasteiger partial charge in [0.1, 0.15) is 0 Å². The molecule has 0 aromatic heterocycles. The van der Waals surface area contributed by atoms with Gasteiger partial charge >= 0.3 is 11.9 Å². The summed E-state index contributed by atoms with van der Waals surface area (Å²) >= 11 is 0. The lowest BCUT2D eigenvalue weighted by atomic mass is 9.97. The quantitative estimate of drug-likeness (QED) is 0.488. The van der Waals surface area contributed by atoms with Gasteiger partial charge < -0.3 is 9.64 Å². The maximum Gasteiger partial charge on any atom is 0.397 e. The summed E-state index contributed by atoms with van der Waals surface area (Å²) in [6, 6.07) is 0.288. The van der Waals surface area contributed by atoms with Crippen LogP contribution in [0, 0.1) is 0 Å². The third kappa shape index (κ3) is 2.70. The molecule has 0 spiro atoms. The first-order valence-electron chi connectivity index (χ1n) is 5.57. The minimum Gasteiger partial charge on any atom is -0.459 e. The monoisotopic (exact) mass is 213 g/mol. The number of ether oxygens (including phenoxy) is 1. The SMILES string of the molecule is CCOC(=O)C(=O)N1[C@H](C)CCC[C@@H]1C. The number of carbonyl (C=O) groups is 2. The fourth-order valence-electron chi connectivity index (χ4n) is 2.12. The summed E-state index contributed by atoms with van der Waals surface area (Å²) in [4.78, 5) is 24.7. The predicted molar refractivity (Wildman–Crippen MR) is 56.3 cm³/mol. The molecule has 4 heteroatoms. The third-order valence-corrected chi connectivity index (χ3v) is 2.88. The molecule has 1 aliphatic rings. The van der Waals surface area contributed by atoms with E-state index in [9.17, 15) is 9.59 Å². The normalized spacial score (nSPS) is 26.2. The van der Waals surface area contributed by atoms with Crippen molar-refractivity contribution in [2.24, 2.45) is 0 Å². The highest BCUT2D eigenvalue weighted by molar-refractivity contribution is 6.32. The average molecular weight is 213 g/mol. The largest absolute Gasteiger partial charge is 0.459 e. The van der Waals surface area contributed by atoms with Crippen LogP contribution in [-0.4, -0.2) is 35.5 Å². The Balaban J connectivity index is 2.67. The van der Waals surface area contributed by atoms with E-state index in [2.05, 4.69) is 0 Å². The molecule has 1 heterocycles. The van der Waals surface area contributed by atoms with Crippen LogP contribution in [0.25, 0.3) is 0 Å². The van der Waals surface area contributed by atoms with Crippen molar-refractivity contribution in [3.8, 4) is 0 Å². The molecule has 0 saturated carbocycles. The van der Waals surface area contributed by atoms with E-state index in [0.29, 0.717) is 0 Å².